The fourth-order valence-corrected chi connectivity index (χ4v) is 4.22. The van der Waals surface area contributed by atoms with Crippen LogP contribution in [0.5, 0.6) is 0 Å². The summed E-state index contributed by atoms with van der Waals surface area (Å²) in [5.74, 6) is -0.935. The summed E-state index contributed by atoms with van der Waals surface area (Å²) in [4.78, 5) is 31.3. The molecule has 1 saturated heterocycles. The Bertz CT molecular complexity index is 966. The van der Waals surface area contributed by atoms with E-state index in [1.165, 1.54) is 0 Å². The maximum atomic E-state index is 12.6. The summed E-state index contributed by atoms with van der Waals surface area (Å²) in [6.07, 6.45) is 0.545. The first-order valence-electron chi connectivity index (χ1n) is 9.37. The first kappa shape index (κ1) is 18.4. The van der Waals surface area contributed by atoms with E-state index in [0.717, 1.165) is 26.6 Å². The number of nitrogens with zero attached hydrogens (tertiary/aromatic N) is 2. The van der Waals surface area contributed by atoms with Crippen molar-refractivity contribution < 1.29 is 9.59 Å². The van der Waals surface area contributed by atoms with Crippen molar-refractivity contribution in [2.24, 2.45) is 5.92 Å². The van der Waals surface area contributed by atoms with Crippen LogP contribution >= 0.6 is 11.3 Å². The van der Waals surface area contributed by atoms with E-state index in [9.17, 15) is 9.59 Å². The third-order valence-corrected chi connectivity index (χ3v) is 5.86. The maximum absolute atomic E-state index is 12.6. The van der Waals surface area contributed by atoms with Gasteiger partial charge in [-0.2, -0.15) is 0 Å². The number of nitrogens with one attached hydrogen (secondary N) is 2. The predicted octanol–water partition coefficient (Wildman–Crippen LogP) is 3.19. The number of aryl methyl sites for hydroxylation is 1. The quantitative estimate of drug-likeness (QED) is 0.497. The van der Waals surface area contributed by atoms with Gasteiger partial charge in [0.05, 0.1) is 10.2 Å². The van der Waals surface area contributed by atoms with Crippen molar-refractivity contribution in [1.82, 2.24) is 10.3 Å². The molecule has 1 unspecified atom stereocenters. The minimum Gasteiger partial charge on any atom is -0.360 e. The molecule has 0 aliphatic carbocycles. The van der Waals surface area contributed by atoms with Gasteiger partial charge < -0.3 is 15.5 Å². The number of fused-ring (bicyclic) bond motifs is 1. The number of carbonyl (C=O) groups excluding carboxylic acids is 2. The lowest BCUT2D eigenvalue weighted by Crippen LogP contribution is -2.38. The predicted molar refractivity (Wildman–Crippen MR) is 113 cm³/mol. The molecule has 0 bridgehead atoms. The van der Waals surface area contributed by atoms with Crippen molar-refractivity contribution in [2.75, 3.05) is 29.9 Å². The molecular weight excluding hydrogens is 372 g/mol. The fourth-order valence-electron chi connectivity index (χ4n) is 3.33. The van der Waals surface area contributed by atoms with Crippen LogP contribution in [0.4, 0.5) is 10.8 Å². The summed E-state index contributed by atoms with van der Waals surface area (Å²) in [6, 6.07) is 15.8. The number of thiazole rings is 1. The van der Waals surface area contributed by atoms with Crippen LogP contribution in [-0.2, 0) is 9.59 Å². The summed E-state index contributed by atoms with van der Waals surface area (Å²) in [6.45, 7) is 3.59. The van der Waals surface area contributed by atoms with Crippen LogP contribution in [0.15, 0.2) is 48.5 Å². The van der Waals surface area contributed by atoms with E-state index in [1.807, 2.05) is 55.5 Å². The van der Waals surface area contributed by atoms with Gasteiger partial charge in [0, 0.05) is 25.3 Å². The molecule has 1 aromatic heterocycles. The van der Waals surface area contributed by atoms with Gasteiger partial charge in [0.25, 0.3) is 0 Å². The molecule has 6 nitrogen and oxygen atoms in total. The molecule has 1 atom stereocenters. The third-order valence-electron chi connectivity index (χ3n) is 4.86. The lowest BCUT2D eigenvalue weighted by molar-refractivity contribution is -0.132. The van der Waals surface area contributed by atoms with Gasteiger partial charge in [0.15, 0.2) is 5.13 Å². The number of rotatable bonds is 6. The van der Waals surface area contributed by atoms with E-state index in [-0.39, 0.29) is 11.8 Å². The van der Waals surface area contributed by atoms with Crippen LogP contribution < -0.4 is 15.5 Å². The van der Waals surface area contributed by atoms with Crippen molar-refractivity contribution >= 4 is 44.2 Å². The number of benzene rings is 2. The van der Waals surface area contributed by atoms with E-state index in [1.54, 1.807) is 16.2 Å². The highest BCUT2D eigenvalue weighted by Crippen LogP contribution is 2.26. The second-order valence-corrected chi connectivity index (χ2v) is 7.90. The zero-order valence-electron chi connectivity index (χ0n) is 15.6. The van der Waals surface area contributed by atoms with E-state index >= 15 is 0 Å². The Morgan fingerprint density at radius 2 is 1.96 bits per heavy atom. The summed E-state index contributed by atoms with van der Waals surface area (Å²) in [5.41, 5.74) is 2.96. The normalized spacial score (nSPS) is 16.5. The molecule has 144 valence electrons. The number of para-hydroxylation sites is 1. The van der Waals surface area contributed by atoms with Crippen LogP contribution in [0.3, 0.4) is 0 Å². The number of amides is 2. The summed E-state index contributed by atoms with van der Waals surface area (Å²) in [5, 5.41) is 6.93. The molecule has 4 rings (SSSR count). The minimum atomic E-state index is -0.608. The standard InChI is InChI=1S/C21H22N4O2S/c1-14-6-8-15(9-7-14)25-13-10-16(20(25)27)19(26)22-11-12-23-21-24-17-4-2-3-5-18(17)28-21/h2-9,16H,10-13H2,1H3,(H,22,26)(H,23,24). The van der Waals surface area contributed by atoms with Gasteiger partial charge in [-0.05, 0) is 37.6 Å². The molecule has 28 heavy (non-hydrogen) atoms. The zero-order valence-corrected chi connectivity index (χ0v) is 16.5. The molecule has 2 N–H and O–H groups in total. The maximum Gasteiger partial charge on any atom is 0.239 e. The molecule has 3 aromatic rings. The smallest absolute Gasteiger partial charge is 0.239 e. The lowest BCUT2D eigenvalue weighted by Gasteiger charge is -2.17. The second kappa shape index (κ2) is 7.98. The Labute approximate surface area is 167 Å². The molecule has 0 radical (unpaired) electrons. The molecule has 2 aromatic carbocycles. The minimum absolute atomic E-state index is 0.125. The van der Waals surface area contributed by atoms with Gasteiger partial charge in [-0.25, -0.2) is 4.98 Å². The van der Waals surface area contributed by atoms with Gasteiger partial charge in [0.2, 0.25) is 11.8 Å². The number of hydrogen-bond acceptors (Lipinski definition) is 5. The first-order valence-corrected chi connectivity index (χ1v) is 10.2. The van der Waals surface area contributed by atoms with Crippen molar-refractivity contribution in [2.45, 2.75) is 13.3 Å². The number of hydrogen-bond donors (Lipinski definition) is 2. The molecule has 0 spiro atoms. The molecular formula is C21H22N4O2S. The van der Waals surface area contributed by atoms with Gasteiger partial charge >= 0.3 is 0 Å². The Morgan fingerprint density at radius 3 is 2.75 bits per heavy atom. The first-order chi connectivity index (χ1) is 13.6. The highest BCUT2D eigenvalue weighted by atomic mass is 32.1. The Morgan fingerprint density at radius 1 is 1.18 bits per heavy atom. The molecule has 1 aliphatic rings. The van der Waals surface area contributed by atoms with Crippen molar-refractivity contribution in [3.05, 3.63) is 54.1 Å². The number of aromatic nitrogens is 1. The topological polar surface area (TPSA) is 74.3 Å². The van der Waals surface area contributed by atoms with Crippen LogP contribution in [0.1, 0.15) is 12.0 Å². The van der Waals surface area contributed by atoms with E-state index in [2.05, 4.69) is 15.6 Å². The molecule has 0 saturated carbocycles. The fraction of sp³-hybridized carbons (Fsp3) is 0.286. The zero-order chi connectivity index (χ0) is 19.5. The number of carbonyl (C=O) groups is 2. The van der Waals surface area contributed by atoms with E-state index in [4.69, 9.17) is 0 Å². The van der Waals surface area contributed by atoms with Gasteiger partial charge in [-0.3, -0.25) is 9.59 Å². The van der Waals surface area contributed by atoms with Crippen LogP contribution in [0.2, 0.25) is 0 Å². The van der Waals surface area contributed by atoms with Gasteiger partial charge in [0.1, 0.15) is 5.92 Å². The number of anilines is 2. The lowest BCUT2D eigenvalue weighted by atomic mass is 10.1. The van der Waals surface area contributed by atoms with E-state index in [0.29, 0.717) is 26.1 Å². The van der Waals surface area contributed by atoms with Gasteiger partial charge in [-0.15, -0.1) is 0 Å². The average molecular weight is 395 g/mol. The monoisotopic (exact) mass is 394 g/mol. The Balaban J connectivity index is 1.27. The van der Waals surface area contributed by atoms with Crippen LogP contribution in [-0.4, -0.2) is 36.4 Å². The summed E-state index contributed by atoms with van der Waals surface area (Å²) in [7, 11) is 0. The Kier molecular flexibility index (Phi) is 5.25. The van der Waals surface area contributed by atoms with Crippen molar-refractivity contribution in [3.8, 4) is 0 Å². The second-order valence-electron chi connectivity index (χ2n) is 6.87. The Hall–Kier alpha value is -2.93. The van der Waals surface area contributed by atoms with Crippen molar-refractivity contribution in [1.29, 1.82) is 0 Å². The largest absolute Gasteiger partial charge is 0.360 e. The average Bonchev–Trinajstić information content (AvgIpc) is 3.29. The molecule has 7 heteroatoms. The summed E-state index contributed by atoms with van der Waals surface area (Å²) < 4.78 is 1.13. The molecule has 1 fully saturated rings. The van der Waals surface area contributed by atoms with E-state index < -0.39 is 5.92 Å². The SMILES string of the molecule is Cc1ccc(N2CCC(C(=O)NCCNc3nc4ccccc4s3)C2=O)cc1. The van der Waals surface area contributed by atoms with Crippen molar-refractivity contribution in [3.63, 3.8) is 0 Å². The van der Waals surface area contributed by atoms with Crippen LogP contribution in [0.25, 0.3) is 10.2 Å². The highest BCUT2D eigenvalue weighted by molar-refractivity contribution is 7.22. The van der Waals surface area contributed by atoms with Gasteiger partial charge in [-0.1, -0.05) is 41.2 Å². The molecule has 2 amide bonds. The molecule has 2 heterocycles. The summed E-state index contributed by atoms with van der Waals surface area (Å²) >= 11 is 1.58. The molecule has 1 aliphatic heterocycles. The highest BCUT2D eigenvalue weighted by Gasteiger charge is 2.37. The third kappa shape index (κ3) is 3.84. The van der Waals surface area contributed by atoms with Crippen LogP contribution in [0, 0.1) is 12.8 Å².